The van der Waals surface area contributed by atoms with E-state index in [0.29, 0.717) is 47.9 Å². The number of hydrogen-bond acceptors (Lipinski definition) is 4. The molecule has 1 amide bonds. The number of nitrogens with one attached hydrogen (secondary N) is 1. The second-order valence-electron chi connectivity index (χ2n) is 7.09. The Balaban J connectivity index is 1.84. The van der Waals surface area contributed by atoms with Crippen LogP contribution in [0.4, 0.5) is 5.69 Å². The molecule has 0 saturated heterocycles. The molecule has 0 unspecified atom stereocenters. The fourth-order valence-corrected chi connectivity index (χ4v) is 4.21. The minimum absolute atomic E-state index is 0.0880. The van der Waals surface area contributed by atoms with Crippen LogP contribution in [-0.2, 0) is 11.4 Å². The molecule has 0 aromatic heterocycles. The van der Waals surface area contributed by atoms with Crippen molar-refractivity contribution in [3.05, 3.63) is 90.3 Å². The zero-order valence-electron chi connectivity index (χ0n) is 18.1. The van der Waals surface area contributed by atoms with Crippen molar-refractivity contribution in [1.82, 2.24) is 0 Å². The zero-order valence-corrected chi connectivity index (χ0v) is 21.9. The number of hydrogen-bond donors (Lipinski definition) is 1. The van der Waals surface area contributed by atoms with Crippen LogP contribution in [0.15, 0.2) is 58.6 Å². The normalized spacial score (nSPS) is 11.0. The number of amides is 1. The van der Waals surface area contributed by atoms with Crippen molar-refractivity contribution in [2.45, 2.75) is 13.5 Å². The Morgan fingerprint density at radius 1 is 1.15 bits per heavy atom. The third-order valence-electron chi connectivity index (χ3n) is 4.83. The van der Waals surface area contributed by atoms with E-state index in [-0.39, 0.29) is 12.2 Å². The van der Waals surface area contributed by atoms with Crippen LogP contribution in [0.25, 0.3) is 6.08 Å². The maximum Gasteiger partial charge on any atom is 0.266 e. The SMILES string of the molecule is COc1cc(/C=C(/C#N)C(=O)Nc2cccc(Cl)c2C)cc(Br)c1OCc1ccc(Cl)cc1Cl. The van der Waals surface area contributed by atoms with E-state index in [1.807, 2.05) is 6.07 Å². The van der Waals surface area contributed by atoms with Crippen LogP contribution in [0, 0.1) is 18.3 Å². The van der Waals surface area contributed by atoms with Gasteiger partial charge in [-0.15, -0.1) is 0 Å². The smallest absolute Gasteiger partial charge is 0.266 e. The molecule has 0 radical (unpaired) electrons. The van der Waals surface area contributed by atoms with Crippen molar-refractivity contribution in [1.29, 1.82) is 5.26 Å². The highest BCUT2D eigenvalue weighted by molar-refractivity contribution is 9.10. The molecule has 0 saturated carbocycles. The number of rotatable bonds is 7. The molecule has 3 aromatic carbocycles. The Labute approximate surface area is 221 Å². The van der Waals surface area contributed by atoms with E-state index >= 15 is 0 Å². The summed E-state index contributed by atoms with van der Waals surface area (Å²) in [6.45, 7) is 1.97. The van der Waals surface area contributed by atoms with Crippen LogP contribution < -0.4 is 14.8 Å². The van der Waals surface area contributed by atoms with Crippen molar-refractivity contribution in [2.75, 3.05) is 12.4 Å². The van der Waals surface area contributed by atoms with Crippen LogP contribution in [0.1, 0.15) is 16.7 Å². The Morgan fingerprint density at radius 3 is 2.59 bits per heavy atom. The first-order valence-electron chi connectivity index (χ1n) is 9.86. The Bertz CT molecular complexity index is 1320. The highest BCUT2D eigenvalue weighted by Crippen LogP contribution is 2.38. The minimum Gasteiger partial charge on any atom is -0.493 e. The lowest BCUT2D eigenvalue weighted by Crippen LogP contribution is -2.14. The second-order valence-corrected chi connectivity index (χ2v) is 9.20. The summed E-state index contributed by atoms with van der Waals surface area (Å²) in [7, 11) is 1.50. The standard InChI is InChI=1S/C25H18BrCl3N2O3/c1-14-20(28)4-3-5-22(14)31-25(32)17(12-30)8-15-9-19(26)24(23(10-15)33-2)34-13-16-6-7-18(27)11-21(16)29/h3-11H,13H2,1-2H3,(H,31,32)/b17-8-. The summed E-state index contributed by atoms with van der Waals surface area (Å²) >= 11 is 21.8. The average molecular weight is 581 g/mol. The molecule has 0 aliphatic carbocycles. The second kappa shape index (κ2) is 11.6. The van der Waals surface area contributed by atoms with Gasteiger partial charge in [-0.25, -0.2) is 0 Å². The monoisotopic (exact) mass is 578 g/mol. The van der Waals surface area contributed by atoms with Gasteiger partial charge in [-0.3, -0.25) is 4.79 Å². The summed E-state index contributed by atoms with van der Waals surface area (Å²) in [6.07, 6.45) is 1.46. The summed E-state index contributed by atoms with van der Waals surface area (Å²) in [5.41, 5.74) is 2.47. The fraction of sp³-hybridized carbons (Fsp3) is 0.120. The summed E-state index contributed by atoms with van der Waals surface area (Å²) in [4.78, 5) is 12.7. The fourth-order valence-electron chi connectivity index (χ4n) is 3.00. The molecular formula is C25H18BrCl3N2O3. The molecule has 174 valence electrons. The Hall–Kier alpha value is -2.69. The number of ether oxygens (including phenoxy) is 2. The van der Waals surface area contributed by atoms with Crippen molar-refractivity contribution >= 4 is 68.4 Å². The van der Waals surface area contributed by atoms with Crippen molar-refractivity contribution < 1.29 is 14.3 Å². The molecule has 0 heterocycles. The van der Waals surface area contributed by atoms with Crippen LogP contribution in [-0.4, -0.2) is 13.0 Å². The van der Waals surface area contributed by atoms with Crippen molar-refractivity contribution in [3.63, 3.8) is 0 Å². The number of benzene rings is 3. The number of nitriles is 1. The van der Waals surface area contributed by atoms with E-state index in [1.165, 1.54) is 13.2 Å². The average Bonchev–Trinajstić information content (AvgIpc) is 2.80. The van der Waals surface area contributed by atoms with Crippen LogP contribution in [0.3, 0.4) is 0 Å². The van der Waals surface area contributed by atoms with E-state index in [9.17, 15) is 10.1 Å². The van der Waals surface area contributed by atoms with E-state index in [2.05, 4.69) is 21.2 Å². The molecule has 0 spiro atoms. The Morgan fingerprint density at radius 2 is 1.91 bits per heavy atom. The van der Waals surface area contributed by atoms with Crippen molar-refractivity contribution in [2.24, 2.45) is 0 Å². The third kappa shape index (κ3) is 6.25. The number of anilines is 1. The van der Waals surface area contributed by atoms with Crippen molar-refractivity contribution in [3.8, 4) is 17.6 Å². The van der Waals surface area contributed by atoms with Crippen LogP contribution in [0.5, 0.6) is 11.5 Å². The maximum atomic E-state index is 12.7. The largest absolute Gasteiger partial charge is 0.493 e. The van der Waals surface area contributed by atoms with Gasteiger partial charge >= 0.3 is 0 Å². The van der Waals surface area contributed by atoms with Crippen LogP contribution in [0.2, 0.25) is 15.1 Å². The first-order chi connectivity index (χ1) is 16.2. The predicted molar refractivity (Wildman–Crippen MR) is 140 cm³/mol. The summed E-state index contributed by atoms with van der Waals surface area (Å²) in [5, 5.41) is 13.8. The van der Waals surface area contributed by atoms with Gasteiger partial charge in [-0.1, -0.05) is 46.9 Å². The summed E-state index contributed by atoms with van der Waals surface area (Å²) in [6, 6.07) is 15.6. The van der Waals surface area contributed by atoms with Gasteiger partial charge in [-0.2, -0.15) is 5.26 Å². The number of methoxy groups -OCH3 is 1. The predicted octanol–water partition coefficient (Wildman–Crippen LogP) is 7.85. The highest BCUT2D eigenvalue weighted by atomic mass is 79.9. The molecule has 0 bridgehead atoms. The van der Waals surface area contributed by atoms with Gasteiger partial charge in [0.25, 0.3) is 5.91 Å². The van der Waals surface area contributed by atoms with E-state index < -0.39 is 5.91 Å². The van der Waals surface area contributed by atoms with Gasteiger partial charge in [0.1, 0.15) is 18.2 Å². The summed E-state index contributed by atoms with van der Waals surface area (Å²) < 4.78 is 12.0. The lowest BCUT2D eigenvalue weighted by atomic mass is 10.1. The van der Waals surface area contributed by atoms with E-state index in [4.69, 9.17) is 44.3 Å². The lowest BCUT2D eigenvalue weighted by Gasteiger charge is -2.14. The Kier molecular flexibility index (Phi) is 8.87. The maximum absolute atomic E-state index is 12.7. The van der Waals surface area contributed by atoms with Gasteiger partial charge < -0.3 is 14.8 Å². The molecule has 3 aromatic rings. The first-order valence-corrected chi connectivity index (χ1v) is 11.8. The third-order valence-corrected chi connectivity index (χ3v) is 6.42. The number of carbonyl (C=O) groups is 1. The molecule has 0 aliphatic heterocycles. The van der Waals surface area contributed by atoms with Gasteiger partial charge in [0.05, 0.1) is 11.6 Å². The summed E-state index contributed by atoms with van der Waals surface area (Å²) in [5.74, 6) is 0.304. The van der Waals surface area contributed by atoms with Crippen LogP contribution >= 0.6 is 50.7 Å². The zero-order chi connectivity index (χ0) is 24.8. The topological polar surface area (TPSA) is 71.3 Å². The number of carbonyl (C=O) groups excluding carboxylic acids is 1. The van der Waals surface area contributed by atoms with Gasteiger partial charge in [0.15, 0.2) is 11.5 Å². The molecule has 0 atom stereocenters. The molecule has 3 rings (SSSR count). The molecule has 34 heavy (non-hydrogen) atoms. The quantitative estimate of drug-likeness (QED) is 0.228. The van der Waals surface area contributed by atoms with Gasteiger partial charge in [0.2, 0.25) is 0 Å². The highest BCUT2D eigenvalue weighted by Gasteiger charge is 2.16. The molecule has 0 aliphatic rings. The number of nitrogens with zero attached hydrogens (tertiary/aromatic N) is 1. The molecule has 0 fully saturated rings. The lowest BCUT2D eigenvalue weighted by molar-refractivity contribution is -0.112. The van der Waals surface area contributed by atoms with Gasteiger partial charge in [0, 0.05) is 26.3 Å². The van der Waals surface area contributed by atoms with E-state index in [0.717, 1.165) is 5.56 Å². The first kappa shape index (κ1) is 25.9. The molecule has 5 nitrogen and oxygen atoms in total. The minimum atomic E-state index is -0.555. The molecule has 9 heteroatoms. The van der Waals surface area contributed by atoms with Gasteiger partial charge in [-0.05, 0) is 76.5 Å². The van der Waals surface area contributed by atoms with E-state index in [1.54, 1.807) is 55.5 Å². The molecular weight excluding hydrogens is 563 g/mol. The molecule has 1 N–H and O–H groups in total. The number of halogens is 4.